The zero-order chi connectivity index (χ0) is 14.5. The standard InChI is InChI=1S/C16H20N2O3/c1-2-19-13-8-17-10-15(16(13)14-9-18-11-20-14)21-12-6-4-3-5-7-12/h3-7,9,11,13,15-17H,2,8,10H2,1H3/t13-,15-,16-/m1/s1. The number of rotatable bonds is 5. The van der Waals surface area contributed by atoms with Crippen molar-refractivity contribution in [1.29, 1.82) is 0 Å². The number of aromatic nitrogens is 1. The first-order chi connectivity index (χ1) is 10.4. The molecule has 1 aliphatic rings. The summed E-state index contributed by atoms with van der Waals surface area (Å²) in [6.45, 7) is 4.20. The summed E-state index contributed by atoms with van der Waals surface area (Å²) < 4.78 is 17.5. The minimum Gasteiger partial charge on any atom is -0.488 e. The van der Waals surface area contributed by atoms with Crippen LogP contribution in [0.4, 0.5) is 0 Å². The number of nitrogens with one attached hydrogen (secondary N) is 1. The van der Waals surface area contributed by atoms with Crippen molar-refractivity contribution in [2.45, 2.75) is 25.0 Å². The quantitative estimate of drug-likeness (QED) is 0.914. The van der Waals surface area contributed by atoms with E-state index in [1.54, 1.807) is 6.20 Å². The number of hydrogen-bond acceptors (Lipinski definition) is 5. The Morgan fingerprint density at radius 2 is 2.05 bits per heavy atom. The average Bonchev–Trinajstić information content (AvgIpc) is 3.03. The second-order valence-corrected chi connectivity index (χ2v) is 5.05. The lowest BCUT2D eigenvalue weighted by Gasteiger charge is -2.37. The van der Waals surface area contributed by atoms with E-state index in [2.05, 4.69) is 10.3 Å². The second kappa shape index (κ2) is 6.74. The highest BCUT2D eigenvalue weighted by atomic mass is 16.5. The van der Waals surface area contributed by atoms with Crippen molar-refractivity contribution in [2.75, 3.05) is 19.7 Å². The van der Waals surface area contributed by atoms with Crippen LogP contribution in [0.1, 0.15) is 18.6 Å². The van der Waals surface area contributed by atoms with E-state index in [0.29, 0.717) is 6.61 Å². The molecule has 1 aromatic carbocycles. The smallest absolute Gasteiger partial charge is 0.180 e. The maximum absolute atomic E-state index is 6.14. The maximum atomic E-state index is 6.14. The molecule has 5 nitrogen and oxygen atoms in total. The topological polar surface area (TPSA) is 56.5 Å². The molecule has 112 valence electrons. The van der Waals surface area contributed by atoms with Crippen molar-refractivity contribution < 1.29 is 13.9 Å². The molecule has 0 bridgehead atoms. The van der Waals surface area contributed by atoms with Gasteiger partial charge in [-0.1, -0.05) is 18.2 Å². The summed E-state index contributed by atoms with van der Waals surface area (Å²) in [5.74, 6) is 1.70. The third-order valence-electron chi connectivity index (χ3n) is 3.68. The minimum absolute atomic E-state index is 0.0189. The van der Waals surface area contributed by atoms with Gasteiger partial charge < -0.3 is 19.2 Å². The van der Waals surface area contributed by atoms with Crippen LogP contribution < -0.4 is 10.1 Å². The monoisotopic (exact) mass is 288 g/mol. The fourth-order valence-electron chi connectivity index (χ4n) is 2.78. The second-order valence-electron chi connectivity index (χ2n) is 5.05. The fourth-order valence-corrected chi connectivity index (χ4v) is 2.78. The van der Waals surface area contributed by atoms with E-state index in [0.717, 1.165) is 24.6 Å². The first kappa shape index (κ1) is 14.1. The Balaban J connectivity index is 1.82. The number of nitrogens with zero attached hydrogens (tertiary/aromatic N) is 1. The summed E-state index contributed by atoms with van der Waals surface area (Å²) >= 11 is 0. The van der Waals surface area contributed by atoms with E-state index in [-0.39, 0.29) is 18.1 Å². The van der Waals surface area contributed by atoms with Crippen molar-refractivity contribution in [3.63, 3.8) is 0 Å². The summed E-state index contributed by atoms with van der Waals surface area (Å²) in [6.07, 6.45) is 3.18. The van der Waals surface area contributed by atoms with Crippen LogP contribution in [0.5, 0.6) is 5.75 Å². The Labute approximate surface area is 124 Å². The summed E-state index contributed by atoms with van der Waals surface area (Å²) in [4.78, 5) is 4.04. The number of ether oxygens (including phenoxy) is 2. The lowest BCUT2D eigenvalue weighted by molar-refractivity contribution is -0.0182. The number of para-hydroxylation sites is 1. The van der Waals surface area contributed by atoms with Gasteiger partial charge in [-0.15, -0.1) is 0 Å². The van der Waals surface area contributed by atoms with Crippen molar-refractivity contribution in [3.8, 4) is 5.75 Å². The average molecular weight is 288 g/mol. The molecule has 1 aromatic heterocycles. The highest BCUT2D eigenvalue weighted by Gasteiger charge is 2.38. The molecule has 2 heterocycles. The van der Waals surface area contributed by atoms with Crippen LogP contribution in [-0.2, 0) is 4.74 Å². The van der Waals surface area contributed by atoms with Crippen LogP contribution in [0.2, 0.25) is 0 Å². The van der Waals surface area contributed by atoms with Gasteiger partial charge in [-0.25, -0.2) is 4.98 Å². The predicted molar refractivity (Wildman–Crippen MR) is 78.4 cm³/mol. The van der Waals surface area contributed by atoms with Crippen LogP contribution in [0.15, 0.2) is 47.3 Å². The molecule has 1 N–H and O–H groups in total. The van der Waals surface area contributed by atoms with Gasteiger partial charge in [0.05, 0.1) is 18.2 Å². The minimum atomic E-state index is -0.0503. The normalized spacial score (nSPS) is 25.7. The Morgan fingerprint density at radius 3 is 2.76 bits per heavy atom. The molecule has 0 aliphatic carbocycles. The van der Waals surface area contributed by atoms with Gasteiger partial charge in [0.15, 0.2) is 6.39 Å². The lowest BCUT2D eigenvalue weighted by Crippen LogP contribution is -2.51. The molecule has 1 aliphatic heterocycles. The van der Waals surface area contributed by atoms with Gasteiger partial charge in [0.25, 0.3) is 0 Å². The molecular formula is C16H20N2O3. The Hall–Kier alpha value is -1.85. The summed E-state index contributed by atoms with van der Waals surface area (Å²) in [5.41, 5.74) is 0. The van der Waals surface area contributed by atoms with Crippen molar-refractivity contribution in [1.82, 2.24) is 10.3 Å². The van der Waals surface area contributed by atoms with Gasteiger partial charge in [0, 0.05) is 19.7 Å². The van der Waals surface area contributed by atoms with Gasteiger partial charge in [0.2, 0.25) is 0 Å². The number of oxazole rings is 1. The third-order valence-corrected chi connectivity index (χ3v) is 3.68. The van der Waals surface area contributed by atoms with Crippen molar-refractivity contribution in [3.05, 3.63) is 48.7 Å². The van der Waals surface area contributed by atoms with Crippen LogP contribution >= 0.6 is 0 Å². The Kier molecular flexibility index (Phi) is 4.52. The molecule has 0 unspecified atom stereocenters. The summed E-state index contributed by atoms with van der Waals surface area (Å²) in [6, 6.07) is 9.83. The van der Waals surface area contributed by atoms with Crippen molar-refractivity contribution >= 4 is 0 Å². The van der Waals surface area contributed by atoms with E-state index in [1.807, 2.05) is 37.3 Å². The molecule has 0 saturated carbocycles. The fraction of sp³-hybridized carbons (Fsp3) is 0.438. The molecule has 21 heavy (non-hydrogen) atoms. The van der Waals surface area contributed by atoms with Crippen LogP contribution in [0.3, 0.4) is 0 Å². The molecule has 5 heteroatoms. The number of piperidine rings is 1. The van der Waals surface area contributed by atoms with Gasteiger partial charge in [-0.3, -0.25) is 0 Å². The van der Waals surface area contributed by atoms with Gasteiger partial charge >= 0.3 is 0 Å². The lowest BCUT2D eigenvalue weighted by atomic mass is 9.90. The predicted octanol–water partition coefficient (Wildman–Crippen LogP) is 2.21. The summed E-state index contributed by atoms with van der Waals surface area (Å²) in [7, 11) is 0. The first-order valence-corrected chi connectivity index (χ1v) is 7.31. The zero-order valence-corrected chi connectivity index (χ0v) is 12.1. The maximum Gasteiger partial charge on any atom is 0.180 e. The largest absolute Gasteiger partial charge is 0.488 e. The van der Waals surface area contributed by atoms with E-state index in [4.69, 9.17) is 13.9 Å². The van der Waals surface area contributed by atoms with Gasteiger partial charge in [0.1, 0.15) is 17.6 Å². The van der Waals surface area contributed by atoms with E-state index in [1.165, 1.54) is 6.39 Å². The molecule has 1 fully saturated rings. The highest BCUT2D eigenvalue weighted by molar-refractivity contribution is 5.22. The SMILES string of the molecule is CCO[C@@H]1CNC[C@@H](Oc2ccccc2)[C@H]1c1cnco1. The molecular weight excluding hydrogens is 268 g/mol. The van der Waals surface area contributed by atoms with Gasteiger partial charge in [-0.2, -0.15) is 0 Å². The zero-order valence-electron chi connectivity index (χ0n) is 12.1. The molecule has 1 saturated heterocycles. The van der Waals surface area contributed by atoms with E-state index in [9.17, 15) is 0 Å². The van der Waals surface area contributed by atoms with E-state index >= 15 is 0 Å². The van der Waals surface area contributed by atoms with Gasteiger partial charge in [-0.05, 0) is 19.1 Å². The molecule has 3 atom stereocenters. The first-order valence-electron chi connectivity index (χ1n) is 7.31. The Morgan fingerprint density at radius 1 is 1.24 bits per heavy atom. The Bertz CT molecular complexity index is 528. The molecule has 3 rings (SSSR count). The molecule has 2 aromatic rings. The summed E-state index contributed by atoms with van der Waals surface area (Å²) in [5, 5.41) is 3.37. The number of hydrogen-bond donors (Lipinski definition) is 1. The molecule has 0 amide bonds. The van der Waals surface area contributed by atoms with Crippen LogP contribution in [0.25, 0.3) is 0 Å². The van der Waals surface area contributed by atoms with Crippen LogP contribution in [-0.4, -0.2) is 36.9 Å². The van der Waals surface area contributed by atoms with Crippen molar-refractivity contribution in [2.24, 2.45) is 0 Å². The van der Waals surface area contributed by atoms with E-state index < -0.39 is 0 Å². The highest BCUT2D eigenvalue weighted by Crippen LogP contribution is 2.30. The number of benzene rings is 1. The third kappa shape index (κ3) is 3.25. The molecule has 0 radical (unpaired) electrons. The molecule has 0 spiro atoms. The van der Waals surface area contributed by atoms with Crippen LogP contribution in [0, 0.1) is 0 Å².